The maximum atomic E-state index is 11.9. The Morgan fingerprint density at radius 2 is 2.28 bits per heavy atom. The van der Waals surface area contributed by atoms with Crippen molar-refractivity contribution in [2.45, 2.75) is 38.6 Å². The van der Waals surface area contributed by atoms with Gasteiger partial charge in [-0.3, -0.25) is 10.2 Å². The number of aryl methyl sites for hydroxylation is 2. The molecule has 1 atom stereocenters. The summed E-state index contributed by atoms with van der Waals surface area (Å²) in [6.07, 6.45) is 4.27. The van der Waals surface area contributed by atoms with E-state index in [0.29, 0.717) is 6.61 Å². The van der Waals surface area contributed by atoms with E-state index in [1.807, 2.05) is 11.5 Å². The summed E-state index contributed by atoms with van der Waals surface area (Å²) in [6.45, 7) is 2.22. The molecule has 0 radical (unpaired) electrons. The Balaban J connectivity index is 2.40. The SMILES string of the molecule is COCC(C(=O)NN)n1c(C)nc2c1CCCC2. The van der Waals surface area contributed by atoms with Crippen molar-refractivity contribution < 1.29 is 9.53 Å². The number of hydrogen-bond acceptors (Lipinski definition) is 4. The van der Waals surface area contributed by atoms with Crippen LogP contribution in [0.5, 0.6) is 0 Å². The Bertz CT molecular complexity index is 442. The fourth-order valence-electron chi connectivity index (χ4n) is 2.63. The molecule has 0 saturated carbocycles. The van der Waals surface area contributed by atoms with E-state index in [1.165, 1.54) is 6.42 Å². The lowest BCUT2D eigenvalue weighted by atomic mass is 10.0. The van der Waals surface area contributed by atoms with Crippen LogP contribution in [0.2, 0.25) is 0 Å². The maximum Gasteiger partial charge on any atom is 0.259 e. The highest BCUT2D eigenvalue weighted by molar-refractivity contribution is 5.80. The third-order valence-electron chi connectivity index (χ3n) is 3.43. The van der Waals surface area contributed by atoms with Gasteiger partial charge in [0.25, 0.3) is 5.91 Å². The number of carbonyl (C=O) groups excluding carboxylic acids is 1. The van der Waals surface area contributed by atoms with Crippen LogP contribution in [0.3, 0.4) is 0 Å². The first-order chi connectivity index (χ1) is 8.69. The predicted octanol–water partition coefficient (Wildman–Crippen LogP) is 0.248. The molecule has 0 aliphatic heterocycles. The van der Waals surface area contributed by atoms with E-state index in [2.05, 4.69) is 10.4 Å². The van der Waals surface area contributed by atoms with Crippen LogP contribution in [0, 0.1) is 6.92 Å². The standard InChI is InChI=1S/C12H20N4O2/c1-8-14-9-5-3-4-6-10(9)16(8)11(7-18-2)12(17)15-13/h11H,3-7,13H2,1-2H3,(H,15,17). The van der Waals surface area contributed by atoms with E-state index in [0.717, 1.165) is 36.5 Å². The summed E-state index contributed by atoms with van der Waals surface area (Å²) in [5.41, 5.74) is 4.48. The third kappa shape index (κ3) is 2.26. The lowest BCUT2D eigenvalue weighted by molar-refractivity contribution is -0.126. The minimum absolute atomic E-state index is 0.245. The second kappa shape index (κ2) is 5.49. The van der Waals surface area contributed by atoms with Crippen molar-refractivity contribution >= 4 is 5.91 Å². The molecule has 1 unspecified atom stereocenters. The molecule has 0 bridgehead atoms. The Labute approximate surface area is 106 Å². The van der Waals surface area contributed by atoms with Gasteiger partial charge in [-0.25, -0.2) is 10.8 Å². The highest BCUT2D eigenvalue weighted by Gasteiger charge is 2.27. The van der Waals surface area contributed by atoms with Gasteiger partial charge in [0.2, 0.25) is 0 Å². The zero-order valence-corrected chi connectivity index (χ0v) is 10.9. The van der Waals surface area contributed by atoms with E-state index >= 15 is 0 Å². The number of ether oxygens (including phenoxy) is 1. The van der Waals surface area contributed by atoms with E-state index in [-0.39, 0.29) is 5.91 Å². The smallest absolute Gasteiger partial charge is 0.259 e. The number of methoxy groups -OCH3 is 1. The van der Waals surface area contributed by atoms with E-state index < -0.39 is 6.04 Å². The molecule has 0 aromatic carbocycles. The number of carbonyl (C=O) groups is 1. The summed E-state index contributed by atoms with van der Waals surface area (Å²) >= 11 is 0. The molecule has 100 valence electrons. The number of hydrazine groups is 1. The lowest BCUT2D eigenvalue weighted by Crippen LogP contribution is -2.40. The Morgan fingerprint density at radius 1 is 1.56 bits per heavy atom. The number of nitrogens with two attached hydrogens (primary N) is 1. The number of imidazole rings is 1. The molecule has 1 aromatic heterocycles. The van der Waals surface area contributed by atoms with Crippen molar-refractivity contribution in [3.05, 3.63) is 17.2 Å². The van der Waals surface area contributed by atoms with Crippen molar-refractivity contribution in [3.8, 4) is 0 Å². The second-order valence-electron chi connectivity index (χ2n) is 4.61. The van der Waals surface area contributed by atoms with Crippen molar-refractivity contribution in [1.29, 1.82) is 0 Å². The molecule has 1 amide bonds. The fraction of sp³-hybridized carbons (Fsp3) is 0.667. The molecule has 1 aliphatic carbocycles. The molecule has 1 aliphatic rings. The summed E-state index contributed by atoms with van der Waals surface area (Å²) in [5.74, 6) is 5.86. The minimum Gasteiger partial charge on any atom is -0.382 e. The van der Waals surface area contributed by atoms with Gasteiger partial charge < -0.3 is 9.30 Å². The van der Waals surface area contributed by atoms with Crippen LogP contribution < -0.4 is 11.3 Å². The van der Waals surface area contributed by atoms with Gasteiger partial charge in [0, 0.05) is 12.8 Å². The predicted molar refractivity (Wildman–Crippen MR) is 66.8 cm³/mol. The number of nitrogens with zero attached hydrogens (tertiary/aromatic N) is 2. The topological polar surface area (TPSA) is 82.2 Å². The molecule has 2 rings (SSSR count). The summed E-state index contributed by atoms with van der Waals surface area (Å²) in [6, 6.07) is -0.436. The minimum atomic E-state index is -0.436. The first-order valence-corrected chi connectivity index (χ1v) is 6.25. The number of hydrogen-bond donors (Lipinski definition) is 2. The van der Waals surface area contributed by atoms with Gasteiger partial charge in [-0.15, -0.1) is 0 Å². The van der Waals surface area contributed by atoms with Gasteiger partial charge in [0.1, 0.15) is 11.9 Å². The van der Waals surface area contributed by atoms with Crippen LogP contribution in [-0.4, -0.2) is 29.2 Å². The van der Waals surface area contributed by atoms with Crippen LogP contribution >= 0.6 is 0 Å². The summed E-state index contributed by atoms with van der Waals surface area (Å²) in [4.78, 5) is 16.4. The first-order valence-electron chi connectivity index (χ1n) is 6.25. The highest BCUT2D eigenvalue weighted by Crippen LogP contribution is 2.25. The Kier molecular flexibility index (Phi) is 3.98. The van der Waals surface area contributed by atoms with Crippen molar-refractivity contribution in [2.75, 3.05) is 13.7 Å². The normalized spacial score (nSPS) is 16.2. The lowest BCUT2D eigenvalue weighted by Gasteiger charge is -2.22. The highest BCUT2D eigenvalue weighted by atomic mass is 16.5. The van der Waals surface area contributed by atoms with E-state index in [1.54, 1.807) is 7.11 Å². The second-order valence-corrected chi connectivity index (χ2v) is 4.61. The molecular formula is C12H20N4O2. The van der Waals surface area contributed by atoms with E-state index in [4.69, 9.17) is 10.6 Å². The number of nitrogens with one attached hydrogen (secondary N) is 1. The molecule has 0 spiro atoms. The quantitative estimate of drug-likeness (QED) is 0.457. The largest absolute Gasteiger partial charge is 0.382 e. The number of amides is 1. The average molecular weight is 252 g/mol. The molecule has 6 nitrogen and oxygen atoms in total. The van der Waals surface area contributed by atoms with Crippen molar-refractivity contribution in [1.82, 2.24) is 15.0 Å². The van der Waals surface area contributed by atoms with Gasteiger partial charge >= 0.3 is 0 Å². The fourth-order valence-corrected chi connectivity index (χ4v) is 2.63. The van der Waals surface area contributed by atoms with Crippen LogP contribution in [-0.2, 0) is 22.4 Å². The first kappa shape index (κ1) is 13.0. The third-order valence-corrected chi connectivity index (χ3v) is 3.43. The van der Waals surface area contributed by atoms with Crippen LogP contribution in [0.25, 0.3) is 0 Å². The molecule has 6 heteroatoms. The van der Waals surface area contributed by atoms with Gasteiger partial charge in [-0.1, -0.05) is 0 Å². The molecule has 1 heterocycles. The molecule has 18 heavy (non-hydrogen) atoms. The maximum absolute atomic E-state index is 11.9. The Hall–Kier alpha value is -1.40. The Morgan fingerprint density at radius 3 is 2.94 bits per heavy atom. The van der Waals surface area contributed by atoms with Crippen LogP contribution in [0.4, 0.5) is 0 Å². The molecule has 3 N–H and O–H groups in total. The summed E-state index contributed by atoms with van der Waals surface area (Å²) in [5, 5.41) is 0. The molecule has 0 saturated heterocycles. The van der Waals surface area contributed by atoms with Crippen LogP contribution in [0.15, 0.2) is 0 Å². The molecule has 0 fully saturated rings. The van der Waals surface area contributed by atoms with Gasteiger partial charge in [0.05, 0.1) is 12.3 Å². The van der Waals surface area contributed by atoms with Gasteiger partial charge in [0.15, 0.2) is 0 Å². The van der Waals surface area contributed by atoms with Crippen LogP contribution in [0.1, 0.15) is 36.1 Å². The van der Waals surface area contributed by atoms with Crippen molar-refractivity contribution in [2.24, 2.45) is 5.84 Å². The number of aromatic nitrogens is 2. The van der Waals surface area contributed by atoms with Gasteiger partial charge in [-0.2, -0.15) is 0 Å². The number of fused-ring (bicyclic) bond motifs is 1. The zero-order valence-electron chi connectivity index (χ0n) is 10.9. The monoisotopic (exact) mass is 252 g/mol. The van der Waals surface area contributed by atoms with Crippen molar-refractivity contribution in [3.63, 3.8) is 0 Å². The van der Waals surface area contributed by atoms with Gasteiger partial charge in [-0.05, 0) is 32.6 Å². The average Bonchev–Trinajstić information content (AvgIpc) is 2.71. The van der Waals surface area contributed by atoms with E-state index in [9.17, 15) is 4.79 Å². The number of rotatable bonds is 4. The zero-order chi connectivity index (χ0) is 13.1. The summed E-state index contributed by atoms with van der Waals surface area (Å²) in [7, 11) is 1.58. The molecular weight excluding hydrogens is 232 g/mol. The summed E-state index contributed by atoms with van der Waals surface area (Å²) < 4.78 is 7.10. The molecule has 1 aromatic rings.